The fourth-order valence-corrected chi connectivity index (χ4v) is 2.24. The van der Waals surface area contributed by atoms with E-state index in [1.807, 2.05) is 43.3 Å². The molecule has 0 saturated heterocycles. The van der Waals surface area contributed by atoms with Crippen LogP contribution in [0.25, 0.3) is 22.4 Å². The first-order chi connectivity index (χ1) is 10.1. The van der Waals surface area contributed by atoms with Crippen LogP contribution in [0.4, 0.5) is 8.78 Å². The molecule has 0 aliphatic heterocycles. The molecule has 0 aliphatic rings. The summed E-state index contributed by atoms with van der Waals surface area (Å²) in [5, 5.41) is 0. The molecule has 0 atom stereocenters. The lowest BCUT2D eigenvalue weighted by Gasteiger charge is -2.06. The van der Waals surface area contributed by atoms with E-state index in [1.165, 1.54) is 12.1 Å². The summed E-state index contributed by atoms with van der Waals surface area (Å²) in [7, 11) is 0. The van der Waals surface area contributed by atoms with Gasteiger partial charge in [0.1, 0.15) is 11.6 Å². The standard InChI is InChI=1S/C18H13F2N/c1-12-8-9-21-18(10-12)14-4-2-13(3-5-14)16-7-6-15(19)11-17(16)20/h2-11H,1H3. The molecule has 21 heavy (non-hydrogen) atoms. The SMILES string of the molecule is Cc1ccnc(-c2ccc(-c3ccc(F)cc3F)cc2)c1. The van der Waals surface area contributed by atoms with Crippen molar-refractivity contribution in [1.82, 2.24) is 4.98 Å². The number of hydrogen-bond donors (Lipinski definition) is 0. The van der Waals surface area contributed by atoms with Crippen molar-refractivity contribution in [3.63, 3.8) is 0 Å². The highest BCUT2D eigenvalue weighted by molar-refractivity contribution is 5.69. The monoisotopic (exact) mass is 281 g/mol. The van der Waals surface area contributed by atoms with E-state index < -0.39 is 11.6 Å². The third-order valence-corrected chi connectivity index (χ3v) is 3.34. The maximum Gasteiger partial charge on any atom is 0.133 e. The molecule has 1 heterocycles. The first-order valence-electron chi connectivity index (χ1n) is 6.62. The molecule has 2 aromatic carbocycles. The lowest BCUT2D eigenvalue weighted by atomic mass is 10.0. The van der Waals surface area contributed by atoms with Crippen molar-refractivity contribution in [2.24, 2.45) is 0 Å². The summed E-state index contributed by atoms with van der Waals surface area (Å²) < 4.78 is 26.7. The number of pyridine rings is 1. The molecule has 0 amide bonds. The molecule has 1 nitrogen and oxygen atoms in total. The number of benzene rings is 2. The zero-order valence-electron chi connectivity index (χ0n) is 11.5. The van der Waals surface area contributed by atoms with Gasteiger partial charge in [-0.25, -0.2) is 8.78 Å². The van der Waals surface area contributed by atoms with Crippen LogP contribution < -0.4 is 0 Å². The molecule has 0 aliphatic carbocycles. The van der Waals surface area contributed by atoms with Crippen LogP contribution in [-0.2, 0) is 0 Å². The predicted octanol–water partition coefficient (Wildman–Crippen LogP) is 5.00. The molecule has 0 N–H and O–H groups in total. The van der Waals surface area contributed by atoms with Gasteiger partial charge in [-0.1, -0.05) is 24.3 Å². The number of rotatable bonds is 2. The fourth-order valence-electron chi connectivity index (χ4n) is 2.24. The van der Waals surface area contributed by atoms with Crippen LogP contribution in [0.3, 0.4) is 0 Å². The van der Waals surface area contributed by atoms with Crippen molar-refractivity contribution in [3.8, 4) is 22.4 Å². The Labute approximate surface area is 121 Å². The molecular weight excluding hydrogens is 268 g/mol. The molecule has 0 unspecified atom stereocenters. The molecule has 3 aromatic rings. The Morgan fingerprint density at radius 2 is 1.52 bits per heavy atom. The summed E-state index contributed by atoms with van der Waals surface area (Å²) in [6, 6.07) is 14.9. The maximum absolute atomic E-state index is 13.8. The van der Waals surface area contributed by atoms with Crippen LogP contribution in [0.2, 0.25) is 0 Å². The first-order valence-corrected chi connectivity index (χ1v) is 6.62. The molecule has 0 fully saturated rings. The summed E-state index contributed by atoms with van der Waals surface area (Å²) in [4.78, 5) is 4.32. The third kappa shape index (κ3) is 2.82. The molecule has 0 saturated carbocycles. The van der Waals surface area contributed by atoms with Crippen molar-refractivity contribution < 1.29 is 8.78 Å². The van der Waals surface area contributed by atoms with Gasteiger partial charge in [0, 0.05) is 23.4 Å². The topological polar surface area (TPSA) is 12.9 Å². The highest BCUT2D eigenvalue weighted by atomic mass is 19.1. The Balaban J connectivity index is 1.97. The van der Waals surface area contributed by atoms with Crippen LogP contribution in [0.1, 0.15) is 5.56 Å². The number of hydrogen-bond acceptors (Lipinski definition) is 1. The minimum atomic E-state index is -0.572. The number of halogens is 2. The number of aromatic nitrogens is 1. The van der Waals surface area contributed by atoms with E-state index in [1.54, 1.807) is 6.20 Å². The van der Waals surface area contributed by atoms with Gasteiger partial charge in [-0.3, -0.25) is 4.98 Å². The van der Waals surface area contributed by atoms with Gasteiger partial charge in [0.15, 0.2) is 0 Å². The highest BCUT2D eigenvalue weighted by Gasteiger charge is 2.07. The highest BCUT2D eigenvalue weighted by Crippen LogP contribution is 2.26. The van der Waals surface area contributed by atoms with Crippen molar-refractivity contribution in [2.45, 2.75) is 6.92 Å². The van der Waals surface area contributed by atoms with Gasteiger partial charge in [-0.05, 0) is 42.3 Å². The van der Waals surface area contributed by atoms with Crippen molar-refractivity contribution in [1.29, 1.82) is 0 Å². The van der Waals surface area contributed by atoms with Gasteiger partial charge in [0.25, 0.3) is 0 Å². The summed E-state index contributed by atoms with van der Waals surface area (Å²) in [6.45, 7) is 2.01. The van der Waals surface area contributed by atoms with E-state index in [-0.39, 0.29) is 0 Å². The van der Waals surface area contributed by atoms with E-state index in [9.17, 15) is 8.78 Å². The van der Waals surface area contributed by atoms with E-state index >= 15 is 0 Å². The lowest BCUT2D eigenvalue weighted by molar-refractivity contribution is 0.585. The van der Waals surface area contributed by atoms with Gasteiger partial charge in [0.05, 0.1) is 5.69 Å². The predicted molar refractivity (Wildman–Crippen MR) is 79.8 cm³/mol. The average molecular weight is 281 g/mol. The van der Waals surface area contributed by atoms with Gasteiger partial charge in [-0.15, -0.1) is 0 Å². The van der Waals surface area contributed by atoms with Crippen LogP contribution in [-0.4, -0.2) is 4.98 Å². The van der Waals surface area contributed by atoms with Crippen molar-refractivity contribution in [3.05, 3.63) is 78.0 Å². The molecule has 0 bridgehead atoms. The van der Waals surface area contributed by atoms with Gasteiger partial charge >= 0.3 is 0 Å². The minimum Gasteiger partial charge on any atom is -0.256 e. The van der Waals surface area contributed by atoms with E-state index in [2.05, 4.69) is 4.98 Å². The van der Waals surface area contributed by atoms with Crippen molar-refractivity contribution in [2.75, 3.05) is 0 Å². The number of aryl methyl sites for hydroxylation is 1. The Kier molecular flexibility index (Phi) is 3.48. The Bertz CT molecular complexity index is 779. The molecule has 0 spiro atoms. The Morgan fingerprint density at radius 1 is 0.810 bits per heavy atom. The summed E-state index contributed by atoms with van der Waals surface area (Å²) >= 11 is 0. The average Bonchev–Trinajstić information content (AvgIpc) is 2.47. The van der Waals surface area contributed by atoms with Crippen LogP contribution in [0.5, 0.6) is 0 Å². The zero-order chi connectivity index (χ0) is 14.8. The quantitative estimate of drug-likeness (QED) is 0.644. The summed E-state index contributed by atoms with van der Waals surface area (Å²) in [5.41, 5.74) is 4.07. The second kappa shape index (κ2) is 5.44. The van der Waals surface area contributed by atoms with Crippen LogP contribution >= 0.6 is 0 Å². The van der Waals surface area contributed by atoms with Crippen LogP contribution in [0.15, 0.2) is 60.8 Å². The Morgan fingerprint density at radius 3 is 2.19 bits per heavy atom. The normalized spacial score (nSPS) is 10.6. The van der Waals surface area contributed by atoms with E-state index in [0.29, 0.717) is 11.1 Å². The second-order valence-corrected chi connectivity index (χ2v) is 4.92. The first kappa shape index (κ1) is 13.4. The van der Waals surface area contributed by atoms with Gasteiger partial charge in [0.2, 0.25) is 0 Å². The number of nitrogens with zero attached hydrogens (tertiary/aromatic N) is 1. The smallest absolute Gasteiger partial charge is 0.133 e. The molecule has 104 valence electrons. The lowest BCUT2D eigenvalue weighted by Crippen LogP contribution is -1.88. The zero-order valence-corrected chi connectivity index (χ0v) is 11.5. The van der Waals surface area contributed by atoms with Crippen LogP contribution in [0, 0.1) is 18.6 Å². The largest absolute Gasteiger partial charge is 0.256 e. The summed E-state index contributed by atoms with van der Waals surface area (Å²) in [5.74, 6) is -1.13. The molecule has 3 heteroatoms. The molecule has 3 rings (SSSR count). The van der Waals surface area contributed by atoms with Gasteiger partial charge < -0.3 is 0 Å². The fraction of sp³-hybridized carbons (Fsp3) is 0.0556. The molecule has 1 aromatic heterocycles. The summed E-state index contributed by atoms with van der Waals surface area (Å²) in [6.07, 6.45) is 1.76. The molecular formula is C18H13F2N. The molecule has 0 radical (unpaired) electrons. The van der Waals surface area contributed by atoms with Crippen molar-refractivity contribution >= 4 is 0 Å². The minimum absolute atomic E-state index is 0.389. The second-order valence-electron chi connectivity index (χ2n) is 4.92. The van der Waals surface area contributed by atoms with E-state index in [0.717, 1.165) is 22.9 Å². The van der Waals surface area contributed by atoms with E-state index in [4.69, 9.17) is 0 Å². The van der Waals surface area contributed by atoms with Gasteiger partial charge in [-0.2, -0.15) is 0 Å². The maximum atomic E-state index is 13.8. The Hall–Kier alpha value is -2.55. The third-order valence-electron chi connectivity index (χ3n) is 3.34.